The third-order valence-electron chi connectivity index (χ3n) is 2.01. The number of rotatable bonds is 2. The van der Waals surface area contributed by atoms with E-state index in [4.69, 9.17) is 5.73 Å². The van der Waals surface area contributed by atoms with Gasteiger partial charge in [-0.1, -0.05) is 6.92 Å². The molecule has 0 bridgehead atoms. The van der Waals surface area contributed by atoms with Gasteiger partial charge >= 0.3 is 5.97 Å². The highest BCUT2D eigenvalue weighted by atomic mass is 16.5. The Bertz CT molecular complexity index is 361. The lowest BCUT2D eigenvalue weighted by Crippen LogP contribution is -2.04. The first-order valence-electron chi connectivity index (χ1n) is 4.29. The molecule has 0 aromatic heterocycles. The number of ether oxygens (including phenoxy) is 1. The fourth-order valence-corrected chi connectivity index (χ4v) is 1.19. The third kappa shape index (κ3) is 1.79. The molecule has 1 aromatic carbocycles. The van der Waals surface area contributed by atoms with Crippen molar-refractivity contribution >= 4 is 11.7 Å². The summed E-state index contributed by atoms with van der Waals surface area (Å²) in [4.78, 5) is 11.2. The quantitative estimate of drug-likeness (QED) is 0.424. The number of methoxy groups -OCH3 is 1. The first kappa shape index (κ1) is 10.4. The minimum atomic E-state index is -0.579. The van der Waals surface area contributed by atoms with Crippen LogP contribution < -0.4 is 5.73 Å². The Morgan fingerprint density at radius 1 is 1.57 bits per heavy atom. The van der Waals surface area contributed by atoms with Crippen molar-refractivity contribution in [2.75, 3.05) is 12.8 Å². The first-order valence-corrected chi connectivity index (χ1v) is 4.29. The zero-order valence-electron chi connectivity index (χ0n) is 8.20. The minimum absolute atomic E-state index is 0.115. The van der Waals surface area contributed by atoms with Gasteiger partial charge in [0, 0.05) is 0 Å². The van der Waals surface area contributed by atoms with Gasteiger partial charge in [-0.05, 0) is 24.1 Å². The molecule has 0 unspecified atom stereocenters. The maximum atomic E-state index is 11.2. The number of anilines is 1. The van der Waals surface area contributed by atoms with Crippen molar-refractivity contribution in [3.63, 3.8) is 0 Å². The molecule has 0 heterocycles. The molecule has 0 saturated carbocycles. The number of phenolic OH excluding ortho intramolecular Hbond substituents is 1. The Balaban J connectivity index is 3.27. The van der Waals surface area contributed by atoms with Gasteiger partial charge in [0.2, 0.25) is 0 Å². The minimum Gasteiger partial charge on any atom is -0.505 e. The van der Waals surface area contributed by atoms with Gasteiger partial charge in [-0.3, -0.25) is 0 Å². The second-order valence-corrected chi connectivity index (χ2v) is 2.93. The van der Waals surface area contributed by atoms with Gasteiger partial charge in [0.05, 0.1) is 12.8 Å². The summed E-state index contributed by atoms with van der Waals surface area (Å²) in [6.45, 7) is 1.94. The molecule has 0 saturated heterocycles. The highest BCUT2D eigenvalue weighted by molar-refractivity contribution is 5.94. The predicted molar refractivity (Wildman–Crippen MR) is 53.2 cm³/mol. The number of phenols is 1. The lowest BCUT2D eigenvalue weighted by Gasteiger charge is -2.07. The van der Waals surface area contributed by atoms with Crippen molar-refractivity contribution in [2.45, 2.75) is 13.3 Å². The van der Waals surface area contributed by atoms with Crippen LogP contribution in [0.5, 0.6) is 5.75 Å². The molecule has 76 valence electrons. The number of carbonyl (C=O) groups is 1. The summed E-state index contributed by atoms with van der Waals surface area (Å²) in [6, 6.07) is 3.22. The molecule has 0 amide bonds. The van der Waals surface area contributed by atoms with Crippen LogP contribution in [0, 0.1) is 0 Å². The molecule has 0 aliphatic carbocycles. The molecule has 0 spiro atoms. The maximum absolute atomic E-state index is 11.2. The molecule has 1 rings (SSSR count). The van der Waals surface area contributed by atoms with Crippen molar-refractivity contribution in [3.05, 3.63) is 23.3 Å². The third-order valence-corrected chi connectivity index (χ3v) is 2.01. The molecule has 4 heteroatoms. The number of nitrogen functional groups attached to an aromatic ring is 1. The van der Waals surface area contributed by atoms with E-state index < -0.39 is 5.97 Å². The molecule has 0 atom stereocenters. The van der Waals surface area contributed by atoms with Crippen LogP contribution in [0.1, 0.15) is 22.8 Å². The fourth-order valence-electron chi connectivity index (χ4n) is 1.19. The van der Waals surface area contributed by atoms with Gasteiger partial charge in [0.25, 0.3) is 0 Å². The molecule has 14 heavy (non-hydrogen) atoms. The van der Waals surface area contributed by atoms with Crippen molar-refractivity contribution in [1.29, 1.82) is 0 Å². The number of nitrogens with two attached hydrogens (primary N) is 1. The number of esters is 1. The van der Waals surface area contributed by atoms with E-state index in [-0.39, 0.29) is 17.0 Å². The summed E-state index contributed by atoms with van der Waals surface area (Å²) in [7, 11) is 1.26. The smallest absolute Gasteiger partial charge is 0.341 e. The zero-order valence-corrected chi connectivity index (χ0v) is 8.20. The molecule has 0 aliphatic rings. The van der Waals surface area contributed by atoms with E-state index in [9.17, 15) is 9.90 Å². The van der Waals surface area contributed by atoms with E-state index in [0.717, 1.165) is 12.0 Å². The second kappa shape index (κ2) is 4.00. The van der Waals surface area contributed by atoms with E-state index in [1.54, 1.807) is 12.1 Å². The standard InChI is InChI=1S/C10H13NO3/c1-3-6-4-7(10(13)14-2)9(12)8(11)5-6/h4-5,12H,3,11H2,1-2H3. The number of carbonyl (C=O) groups excluding carboxylic acids is 1. The van der Waals surface area contributed by atoms with Crippen LogP contribution >= 0.6 is 0 Å². The molecular weight excluding hydrogens is 182 g/mol. The SMILES string of the molecule is CCc1cc(N)c(O)c(C(=O)OC)c1. The van der Waals surface area contributed by atoms with Gasteiger partial charge in [0.15, 0.2) is 5.75 Å². The lowest BCUT2D eigenvalue weighted by atomic mass is 10.1. The topological polar surface area (TPSA) is 72.5 Å². The van der Waals surface area contributed by atoms with Crippen LogP contribution in [0.2, 0.25) is 0 Å². The van der Waals surface area contributed by atoms with Crippen LogP contribution in [0.4, 0.5) is 5.69 Å². The molecule has 0 aliphatic heterocycles. The van der Waals surface area contributed by atoms with Crippen molar-refractivity contribution in [3.8, 4) is 5.75 Å². The summed E-state index contributed by atoms with van der Waals surface area (Å²) >= 11 is 0. The Morgan fingerprint density at radius 2 is 2.21 bits per heavy atom. The maximum Gasteiger partial charge on any atom is 0.341 e. The van der Waals surface area contributed by atoms with E-state index in [0.29, 0.717) is 0 Å². The zero-order chi connectivity index (χ0) is 10.7. The highest BCUT2D eigenvalue weighted by Crippen LogP contribution is 2.27. The summed E-state index contributed by atoms with van der Waals surface area (Å²) in [5.74, 6) is -0.793. The average molecular weight is 195 g/mol. The molecule has 4 nitrogen and oxygen atoms in total. The van der Waals surface area contributed by atoms with Crippen molar-refractivity contribution in [2.24, 2.45) is 0 Å². The van der Waals surface area contributed by atoms with Gasteiger partial charge in [-0.15, -0.1) is 0 Å². The number of hydrogen-bond acceptors (Lipinski definition) is 4. The van der Waals surface area contributed by atoms with Crippen LogP contribution in [0.15, 0.2) is 12.1 Å². The summed E-state index contributed by atoms with van der Waals surface area (Å²) in [5, 5.41) is 9.49. The van der Waals surface area contributed by atoms with Crippen molar-refractivity contribution in [1.82, 2.24) is 0 Å². The van der Waals surface area contributed by atoms with Crippen molar-refractivity contribution < 1.29 is 14.6 Å². The number of benzene rings is 1. The van der Waals surface area contributed by atoms with Gasteiger partial charge in [0.1, 0.15) is 5.56 Å². The van der Waals surface area contributed by atoms with E-state index in [1.165, 1.54) is 7.11 Å². The lowest BCUT2D eigenvalue weighted by molar-refractivity contribution is 0.0597. The summed E-state index contributed by atoms with van der Waals surface area (Å²) in [5.41, 5.74) is 6.74. The van der Waals surface area contributed by atoms with Gasteiger partial charge in [-0.2, -0.15) is 0 Å². The Hall–Kier alpha value is -1.71. The monoisotopic (exact) mass is 195 g/mol. The molecule has 1 aromatic rings. The molecular formula is C10H13NO3. The Morgan fingerprint density at radius 3 is 2.71 bits per heavy atom. The second-order valence-electron chi connectivity index (χ2n) is 2.93. The average Bonchev–Trinajstić information content (AvgIpc) is 2.20. The van der Waals surface area contributed by atoms with E-state index in [2.05, 4.69) is 4.74 Å². The normalized spacial score (nSPS) is 9.86. The van der Waals surface area contributed by atoms with Crippen LogP contribution in [-0.2, 0) is 11.2 Å². The molecule has 0 radical (unpaired) electrons. The highest BCUT2D eigenvalue weighted by Gasteiger charge is 2.14. The van der Waals surface area contributed by atoms with Crippen LogP contribution in [-0.4, -0.2) is 18.2 Å². The predicted octanol–water partition coefficient (Wildman–Crippen LogP) is 1.32. The largest absolute Gasteiger partial charge is 0.505 e. The first-order chi connectivity index (χ1) is 6.60. The van der Waals surface area contributed by atoms with Gasteiger partial charge < -0.3 is 15.6 Å². The Labute approximate surface area is 82.3 Å². The Kier molecular flexibility index (Phi) is 2.96. The summed E-state index contributed by atoms with van der Waals surface area (Å²) < 4.78 is 4.52. The summed E-state index contributed by atoms with van der Waals surface area (Å²) in [6.07, 6.45) is 0.745. The molecule has 3 N–H and O–H groups in total. The fraction of sp³-hybridized carbons (Fsp3) is 0.300. The number of hydrogen-bond donors (Lipinski definition) is 2. The number of aromatic hydroxyl groups is 1. The van der Waals surface area contributed by atoms with Crippen LogP contribution in [0.25, 0.3) is 0 Å². The van der Waals surface area contributed by atoms with E-state index in [1.807, 2.05) is 6.92 Å². The van der Waals surface area contributed by atoms with E-state index >= 15 is 0 Å². The molecule has 0 fully saturated rings. The van der Waals surface area contributed by atoms with Gasteiger partial charge in [-0.25, -0.2) is 4.79 Å². The van der Waals surface area contributed by atoms with Crippen LogP contribution in [0.3, 0.4) is 0 Å². The number of aryl methyl sites for hydroxylation is 1.